The Morgan fingerprint density at radius 3 is 2.05 bits per heavy atom. The number of nitrogens with zero attached hydrogens (tertiary/aromatic N) is 1. The molecule has 0 aliphatic carbocycles. The minimum absolute atomic E-state index is 0.0765. The molecule has 0 aliphatic heterocycles. The average molecular weight is 263 g/mol. The molecule has 3 heteroatoms. The van der Waals surface area contributed by atoms with E-state index in [1.165, 1.54) is 22.3 Å². The Hall–Kier alpha value is -1.35. The van der Waals surface area contributed by atoms with Crippen LogP contribution in [0.15, 0.2) is 12.1 Å². The maximum absolute atomic E-state index is 11.0. The van der Waals surface area contributed by atoms with Crippen molar-refractivity contribution >= 4 is 5.97 Å². The molecule has 0 saturated carbocycles. The minimum atomic E-state index is -0.734. The van der Waals surface area contributed by atoms with E-state index in [-0.39, 0.29) is 18.4 Å². The number of carboxylic acids is 1. The molecule has 1 aromatic rings. The van der Waals surface area contributed by atoms with Crippen LogP contribution in [0.25, 0.3) is 0 Å². The molecule has 2 atom stereocenters. The van der Waals surface area contributed by atoms with Gasteiger partial charge in [-0.2, -0.15) is 0 Å². The summed E-state index contributed by atoms with van der Waals surface area (Å²) in [7, 11) is 4.03. The third-order valence-electron chi connectivity index (χ3n) is 3.63. The quantitative estimate of drug-likeness (QED) is 0.886. The lowest BCUT2D eigenvalue weighted by Crippen LogP contribution is -2.29. The SMILES string of the molecule is Cc1cc(C)c(C(C(C)CC(=O)O)N(C)C)c(C)c1. The van der Waals surface area contributed by atoms with Crippen LogP contribution in [0.2, 0.25) is 0 Å². The Kier molecular flexibility index (Phi) is 5.12. The van der Waals surface area contributed by atoms with Crippen LogP contribution in [-0.4, -0.2) is 30.1 Å². The molecule has 0 fully saturated rings. The first-order valence-corrected chi connectivity index (χ1v) is 6.70. The van der Waals surface area contributed by atoms with Crippen molar-refractivity contribution < 1.29 is 9.90 Å². The number of aryl methyl sites for hydroxylation is 3. The summed E-state index contributed by atoms with van der Waals surface area (Å²) in [6.07, 6.45) is 0.190. The van der Waals surface area contributed by atoms with Gasteiger partial charge >= 0.3 is 5.97 Å². The highest BCUT2D eigenvalue weighted by molar-refractivity contribution is 5.67. The van der Waals surface area contributed by atoms with Crippen LogP contribution < -0.4 is 0 Å². The maximum Gasteiger partial charge on any atom is 0.303 e. The lowest BCUT2D eigenvalue weighted by Gasteiger charge is -2.32. The molecule has 1 aromatic carbocycles. The number of hydrogen-bond acceptors (Lipinski definition) is 2. The summed E-state index contributed by atoms with van der Waals surface area (Å²) in [5.41, 5.74) is 5.01. The van der Waals surface area contributed by atoms with Crippen LogP contribution in [0.3, 0.4) is 0 Å². The van der Waals surface area contributed by atoms with E-state index in [2.05, 4.69) is 37.8 Å². The Morgan fingerprint density at radius 1 is 1.21 bits per heavy atom. The molecule has 0 radical (unpaired) electrons. The minimum Gasteiger partial charge on any atom is -0.481 e. The van der Waals surface area contributed by atoms with Crippen LogP contribution in [0.1, 0.15) is 41.6 Å². The van der Waals surface area contributed by atoms with Crippen LogP contribution >= 0.6 is 0 Å². The molecule has 0 bridgehead atoms. The fourth-order valence-electron chi connectivity index (χ4n) is 3.10. The first-order valence-electron chi connectivity index (χ1n) is 6.70. The monoisotopic (exact) mass is 263 g/mol. The van der Waals surface area contributed by atoms with Gasteiger partial charge < -0.3 is 10.0 Å². The Bertz CT molecular complexity index is 443. The lowest BCUT2D eigenvalue weighted by atomic mass is 9.85. The molecule has 1 N–H and O–H groups in total. The molecule has 19 heavy (non-hydrogen) atoms. The van der Waals surface area contributed by atoms with Gasteiger partial charge in [-0.25, -0.2) is 0 Å². The molecule has 0 aliphatic rings. The fourth-order valence-corrected chi connectivity index (χ4v) is 3.10. The zero-order chi connectivity index (χ0) is 14.7. The second kappa shape index (κ2) is 6.20. The molecular formula is C16H25NO2. The molecule has 1 rings (SSSR count). The van der Waals surface area contributed by atoms with E-state index >= 15 is 0 Å². The van der Waals surface area contributed by atoms with Crippen LogP contribution in [0, 0.1) is 26.7 Å². The Balaban J connectivity index is 3.23. The third-order valence-corrected chi connectivity index (χ3v) is 3.63. The number of carboxylic acid groups (broad SMARTS) is 1. The lowest BCUT2D eigenvalue weighted by molar-refractivity contribution is -0.138. The zero-order valence-electron chi connectivity index (χ0n) is 12.8. The van der Waals surface area contributed by atoms with Crippen molar-refractivity contribution in [3.63, 3.8) is 0 Å². The molecule has 2 unspecified atom stereocenters. The largest absolute Gasteiger partial charge is 0.481 e. The van der Waals surface area contributed by atoms with Crippen molar-refractivity contribution in [3.8, 4) is 0 Å². The van der Waals surface area contributed by atoms with Crippen molar-refractivity contribution in [2.24, 2.45) is 5.92 Å². The van der Waals surface area contributed by atoms with Gasteiger partial charge in [-0.1, -0.05) is 24.6 Å². The Morgan fingerprint density at radius 2 is 1.68 bits per heavy atom. The summed E-state index contributed by atoms with van der Waals surface area (Å²) in [6, 6.07) is 4.48. The van der Waals surface area contributed by atoms with E-state index < -0.39 is 5.97 Å². The molecule has 0 aromatic heterocycles. The van der Waals surface area contributed by atoms with Gasteiger partial charge in [0.25, 0.3) is 0 Å². The fraction of sp³-hybridized carbons (Fsp3) is 0.562. The van der Waals surface area contributed by atoms with E-state index in [1.807, 2.05) is 21.0 Å². The molecule has 0 saturated heterocycles. The molecule has 0 heterocycles. The van der Waals surface area contributed by atoms with Gasteiger partial charge in [-0.3, -0.25) is 4.79 Å². The number of hydrogen-bond donors (Lipinski definition) is 1. The highest BCUT2D eigenvalue weighted by atomic mass is 16.4. The predicted molar refractivity (Wildman–Crippen MR) is 78.5 cm³/mol. The van der Waals surface area contributed by atoms with E-state index in [0.29, 0.717) is 0 Å². The normalized spacial score (nSPS) is 14.5. The topological polar surface area (TPSA) is 40.5 Å². The molecule has 106 valence electrons. The first-order chi connectivity index (χ1) is 8.73. The summed E-state index contributed by atoms with van der Waals surface area (Å²) in [6.45, 7) is 8.32. The van der Waals surface area contributed by atoms with E-state index in [9.17, 15) is 4.79 Å². The number of aliphatic carboxylic acids is 1. The van der Waals surface area contributed by atoms with Crippen molar-refractivity contribution in [2.45, 2.75) is 40.2 Å². The van der Waals surface area contributed by atoms with Gasteiger partial charge in [-0.15, -0.1) is 0 Å². The van der Waals surface area contributed by atoms with Crippen LogP contribution in [-0.2, 0) is 4.79 Å². The van der Waals surface area contributed by atoms with Gasteiger partial charge in [0.05, 0.1) is 0 Å². The second-order valence-corrected chi connectivity index (χ2v) is 5.80. The average Bonchev–Trinajstić information content (AvgIpc) is 2.20. The van der Waals surface area contributed by atoms with Crippen LogP contribution in [0.4, 0.5) is 0 Å². The van der Waals surface area contributed by atoms with Gasteiger partial charge in [0.15, 0.2) is 0 Å². The van der Waals surface area contributed by atoms with Crippen molar-refractivity contribution in [1.82, 2.24) is 4.90 Å². The number of rotatable bonds is 5. The first kappa shape index (κ1) is 15.7. The van der Waals surface area contributed by atoms with Crippen molar-refractivity contribution in [2.75, 3.05) is 14.1 Å². The summed E-state index contributed by atoms with van der Waals surface area (Å²) in [4.78, 5) is 13.1. The highest BCUT2D eigenvalue weighted by Crippen LogP contribution is 2.33. The van der Waals surface area contributed by atoms with Gasteiger partial charge in [0, 0.05) is 12.5 Å². The summed E-state index contributed by atoms with van der Waals surface area (Å²) in [5.74, 6) is -0.658. The molecular weight excluding hydrogens is 238 g/mol. The van der Waals surface area contributed by atoms with E-state index in [1.54, 1.807) is 0 Å². The maximum atomic E-state index is 11.0. The van der Waals surface area contributed by atoms with Gasteiger partial charge in [-0.05, 0) is 57.5 Å². The zero-order valence-corrected chi connectivity index (χ0v) is 12.8. The van der Waals surface area contributed by atoms with Gasteiger partial charge in [0.2, 0.25) is 0 Å². The standard InChI is InChI=1S/C16H25NO2/c1-10-7-11(2)15(12(3)8-10)16(17(5)6)13(4)9-14(18)19/h7-8,13,16H,9H2,1-6H3,(H,18,19). The third kappa shape index (κ3) is 3.80. The Labute approximate surface area is 116 Å². The summed E-state index contributed by atoms with van der Waals surface area (Å²) in [5, 5.41) is 9.03. The molecule has 0 amide bonds. The highest BCUT2D eigenvalue weighted by Gasteiger charge is 2.26. The number of benzene rings is 1. The molecule has 0 spiro atoms. The van der Waals surface area contributed by atoms with Crippen LogP contribution in [0.5, 0.6) is 0 Å². The van der Waals surface area contributed by atoms with E-state index in [0.717, 1.165) is 0 Å². The van der Waals surface area contributed by atoms with E-state index in [4.69, 9.17) is 5.11 Å². The molecule has 3 nitrogen and oxygen atoms in total. The van der Waals surface area contributed by atoms with Crippen molar-refractivity contribution in [1.29, 1.82) is 0 Å². The second-order valence-electron chi connectivity index (χ2n) is 5.80. The predicted octanol–water partition coefficient (Wildman–Crippen LogP) is 3.33. The van der Waals surface area contributed by atoms with Gasteiger partial charge in [0.1, 0.15) is 0 Å². The summed E-state index contributed by atoms with van der Waals surface area (Å²) < 4.78 is 0. The number of carbonyl (C=O) groups is 1. The smallest absolute Gasteiger partial charge is 0.303 e. The summed E-state index contributed by atoms with van der Waals surface area (Å²) >= 11 is 0. The van der Waals surface area contributed by atoms with Crippen molar-refractivity contribution in [3.05, 3.63) is 34.4 Å².